The summed E-state index contributed by atoms with van der Waals surface area (Å²) in [5.41, 5.74) is -0.846. The van der Waals surface area contributed by atoms with Gasteiger partial charge in [-0.1, -0.05) is 0 Å². The SMILES string of the molecule is O=C(OC(C(F)(F)F)C(F)(F)F)C1CCC2(CN1)C[C@@H](NS(=O)(=O)C1CC1)CO2. The Kier molecular flexibility index (Phi) is 5.86. The summed E-state index contributed by atoms with van der Waals surface area (Å²) in [6.45, 7) is 0.0596. The van der Waals surface area contributed by atoms with E-state index in [-0.39, 0.29) is 32.4 Å². The third kappa shape index (κ3) is 5.33. The second kappa shape index (κ2) is 7.54. The lowest BCUT2D eigenvalue weighted by Crippen LogP contribution is -2.55. The van der Waals surface area contributed by atoms with Crippen molar-refractivity contribution in [1.29, 1.82) is 0 Å². The average molecular weight is 454 g/mol. The molecule has 3 rings (SSSR count). The lowest BCUT2D eigenvalue weighted by Gasteiger charge is -2.37. The summed E-state index contributed by atoms with van der Waals surface area (Å²) in [6.07, 6.45) is -14.2. The van der Waals surface area contributed by atoms with Gasteiger partial charge in [0.25, 0.3) is 6.10 Å². The lowest BCUT2D eigenvalue weighted by molar-refractivity contribution is -0.314. The summed E-state index contributed by atoms with van der Waals surface area (Å²) in [6, 6.07) is -1.83. The molecule has 7 nitrogen and oxygen atoms in total. The van der Waals surface area contributed by atoms with Crippen molar-refractivity contribution in [2.75, 3.05) is 13.2 Å². The van der Waals surface area contributed by atoms with Gasteiger partial charge in [-0.3, -0.25) is 4.79 Å². The van der Waals surface area contributed by atoms with E-state index in [4.69, 9.17) is 4.74 Å². The minimum Gasteiger partial charge on any atom is -0.442 e. The molecule has 0 amide bonds. The number of ether oxygens (including phenoxy) is 2. The van der Waals surface area contributed by atoms with E-state index in [0.29, 0.717) is 12.8 Å². The first kappa shape index (κ1) is 22.6. The molecule has 1 spiro atoms. The van der Waals surface area contributed by atoms with Crippen LogP contribution in [0.4, 0.5) is 26.3 Å². The number of carbonyl (C=O) groups excluding carboxylic acids is 1. The van der Waals surface area contributed by atoms with Crippen molar-refractivity contribution in [3.05, 3.63) is 0 Å². The summed E-state index contributed by atoms with van der Waals surface area (Å²) in [5.74, 6) is -1.65. The average Bonchev–Trinajstić information content (AvgIpc) is 3.36. The molecule has 0 aromatic rings. The number of sulfonamides is 1. The molecule has 0 bridgehead atoms. The molecule has 2 aliphatic heterocycles. The number of hydrogen-bond acceptors (Lipinski definition) is 6. The molecule has 3 fully saturated rings. The fourth-order valence-corrected chi connectivity index (χ4v) is 5.12. The first-order valence-electron chi connectivity index (χ1n) is 8.94. The summed E-state index contributed by atoms with van der Waals surface area (Å²) in [7, 11) is -3.43. The quantitative estimate of drug-likeness (QED) is 0.482. The van der Waals surface area contributed by atoms with Crippen molar-refractivity contribution < 1.29 is 49.0 Å². The molecular weight excluding hydrogens is 434 g/mol. The minimum atomic E-state index is -5.77. The van der Waals surface area contributed by atoms with Crippen LogP contribution in [-0.2, 0) is 24.3 Å². The molecule has 1 saturated carbocycles. The second-order valence-electron chi connectivity index (χ2n) is 7.63. The second-order valence-corrected chi connectivity index (χ2v) is 9.62. The van der Waals surface area contributed by atoms with Crippen molar-refractivity contribution in [3.8, 4) is 0 Å². The van der Waals surface area contributed by atoms with Gasteiger partial charge >= 0.3 is 18.3 Å². The number of halogens is 6. The Bertz CT molecular complexity index is 714. The molecule has 1 aliphatic carbocycles. The zero-order valence-electron chi connectivity index (χ0n) is 15.0. The molecule has 0 aromatic heterocycles. The van der Waals surface area contributed by atoms with Crippen LogP contribution in [0.5, 0.6) is 0 Å². The molecule has 14 heteroatoms. The molecule has 3 atom stereocenters. The molecule has 2 heterocycles. The Hall–Kier alpha value is -1.12. The highest BCUT2D eigenvalue weighted by Crippen LogP contribution is 2.38. The van der Waals surface area contributed by atoms with E-state index in [1.165, 1.54) is 0 Å². The van der Waals surface area contributed by atoms with E-state index < -0.39 is 57.4 Å². The molecule has 168 valence electrons. The standard InChI is InChI=1S/C15H20F6N2O5S/c16-14(17,18)12(15(19,20)21)28-11(24)10-3-4-13(7-22-10)5-8(6-27-13)23-29(25,26)9-1-2-9/h8-10,12,22-23H,1-7H2/t8-,10?,13?/m1/s1. The topological polar surface area (TPSA) is 93.7 Å². The summed E-state index contributed by atoms with van der Waals surface area (Å²) in [4.78, 5) is 11.8. The maximum absolute atomic E-state index is 12.5. The normalized spacial score (nSPS) is 31.4. The summed E-state index contributed by atoms with van der Waals surface area (Å²) < 4.78 is 111. The van der Waals surface area contributed by atoms with Crippen LogP contribution in [0.2, 0.25) is 0 Å². The van der Waals surface area contributed by atoms with Crippen LogP contribution in [0.1, 0.15) is 32.1 Å². The maximum atomic E-state index is 12.5. The van der Waals surface area contributed by atoms with Gasteiger partial charge in [-0.2, -0.15) is 26.3 Å². The Labute approximate surface area is 162 Å². The number of esters is 1. The predicted molar refractivity (Wildman–Crippen MR) is 85.2 cm³/mol. The highest BCUT2D eigenvalue weighted by Gasteiger charge is 2.60. The summed E-state index contributed by atoms with van der Waals surface area (Å²) in [5, 5.41) is 2.16. The first-order valence-corrected chi connectivity index (χ1v) is 10.5. The van der Waals surface area contributed by atoms with Crippen LogP contribution in [-0.4, -0.2) is 68.9 Å². The van der Waals surface area contributed by atoms with Gasteiger partial charge in [-0.05, 0) is 32.1 Å². The van der Waals surface area contributed by atoms with E-state index >= 15 is 0 Å². The zero-order valence-corrected chi connectivity index (χ0v) is 15.8. The van der Waals surface area contributed by atoms with Gasteiger partial charge in [0, 0.05) is 12.6 Å². The van der Waals surface area contributed by atoms with E-state index in [0.717, 1.165) is 0 Å². The maximum Gasteiger partial charge on any atom is 0.434 e. The number of piperidine rings is 1. The fraction of sp³-hybridized carbons (Fsp3) is 0.933. The van der Waals surface area contributed by atoms with Crippen LogP contribution in [0.3, 0.4) is 0 Å². The number of carbonyl (C=O) groups is 1. The summed E-state index contributed by atoms with van der Waals surface area (Å²) >= 11 is 0. The third-order valence-electron chi connectivity index (χ3n) is 5.18. The van der Waals surface area contributed by atoms with Crippen molar-refractivity contribution in [3.63, 3.8) is 0 Å². The zero-order chi connectivity index (χ0) is 21.7. The van der Waals surface area contributed by atoms with Crippen LogP contribution >= 0.6 is 0 Å². The Morgan fingerprint density at radius 2 is 1.76 bits per heavy atom. The molecule has 2 N–H and O–H groups in total. The van der Waals surface area contributed by atoms with Crippen molar-refractivity contribution in [2.45, 2.75) is 73.5 Å². The third-order valence-corrected chi connectivity index (χ3v) is 7.19. The predicted octanol–water partition coefficient (Wildman–Crippen LogP) is 1.38. The van der Waals surface area contributed by atoms with Crippen molar-refractivity contribution in [2.24, 2.45) is 0 Å². The van der Waals surface area contributed by atoms with Gasteiger partial charge in [0.15, 0.2) is 0 Å². The minimum absolute atomic E-state index is 0.0306. The Morgan fingerprint density at radius 3 is 2.24 bits per heavy atom. The van der Waals surface area contributed by atoms with Crippen molar-refractivity contribution >= 4 is 16.0 Å². The molecule has 0 radical (unpaired) electrons. The Morgan fingerprint density at radius 1 is 1.14 bits per heavy atom. The monoisotopic (exact) mass is 454 g/mol. The largest absolute Gasteiger partial charge is 0.442 e. The number of alkyl halides is 6. The fourth-order valence-electron chi connectivity index (χ4n) is 3.55. The molecule has 0 aromatic carbocycles. The van der Waals surface area contributed by atoms with Crippen molar-refractivity contribution in [1.82, 2.24) is 10.0 Å². The van der Waals surface area contributed by atoms with E-state index in [2.05, 4.69) is 14.8 Å². The van der Waals surface area contributed by atoms with Crippen LogP contribution in [0.15, 0.2) is 0 Å². The van der Waals surface area contributed by atoms with Gasteiger partial charge in [-0.25, -0.2) is 13.1 Å². The molecule has 2 saturated heterocycles. The van der Waals surface area contributed by atoms with Crippen LogP contribution in [0.25, 0.3) is 0 Å². The number of hydrogen-bond donors (Lipinski definition) is 2. The van der Waals surface area contributed by atoms with Gasteiger partial charge in [0.05, 0.1) is 17.5 Å². The van der Waals surface area contributed by atoms with Crippen LogP contribution < -0.4 is 10.0 Å². The van der Waals surface area contributed by atoms with Gasteiger partial charge in [0.2, 0.25) is 10.0 Å². The van der Waals surface area contributed by atoms with E-state index in [9.17, 15) is 39.6 Å². The van der Waals surface area contributed by atoms with E-state index in [1.807, 2.05) is 0 Å². The molecular formula is C15H20F6N2O5S. The highest BCUT2D eigenvalue weighted by atomic mass is 32.2. The van der Waals surface area contributed by atoms with Gasteiger partial charge in [-0.15, -0.1) is 0 Å². The highest BCUT2D eigenvalue weighted by molar-refractivity contribution is 7.90. The number of rotatable bonds is 5. The van der Waals surface area contributed by atoms with Gasteiger partial charge in [0.1, 0.15) is 6.04 Å². The first-order chi connectivity index (χ1) is 13.2. The number of nitrogens with one attached hydrogen (secondary N) is 2. The lowest BCUT2D eigenvalue weighted by atomic mass is 9.87. The molecule has 29 heavy (non-hydrogen) atoms. The Balaban J connectivity index is 1.53. The molecule has 3 aliphatic rings. The van der Waals surface area contributed by atoms with Crippen LogP contribution in [0, 0.1) is 0 Å². The smallest absolute Gasteiger partial charge is 0.434 e. The molecule has 2 unspecified atom stereocenters. The van der Waals surface area contributed by atoms with E-state index in [1.54, 1.807) is 0 Å². The van der Waals surface area contributed by atoms with Gasteiger partial charge < -0.3 is 14.8 Å².